The van der Waals surface area contributed by atoms with Crippen molar-refractivity contribution in [2.75, 3.05) is 27.0 Å². The zero-order valence-electron chi connectivity index (χ0n) is 15.4. The first-order chi connectivity index (χ1) is 12.2. The molecule has 146 valence electrons. The van der Waals surface area contributed by atoms with Crippen LogP contribution in [0.5, 0.6) is 11.5 Å². The molecule has 0 aromatic heterocycles. The highest BCUT2D eigenvalue weighted by Crippen LogP contribution is 2.32. The number of methoxy groups -OCH3 is 1. The molecule has 1 heterocycles. The average Bonchev–Trinajstić information content (AvgIpc) is 3.09. The fourth-order valence-corrected chi connectivity index (χ4v) is 2.43. The zero-order valence-corrected chi connectivity index (χ0v) is 17.7. The summed E-state index contributed by atoms with van der Waals surface area (Å²) in [6.45, 7) is 4.49. The lowest BCUT2D eigenvalue weighted by atomic mass is 10.2. The number of fused-ring (bicyclic) bond motifs is 1. The van der Waals surface area contributed by atoms with Crippen LogP contribution < -0.4 is 20.1 Å². The van der Waals surface area contributed by atoms with Crippen LogP contribution in [0.15, 0.2) is 23.2 Å². The van der Waals surface area contributed by atoms with Crippen molar-refractivity contribution in [3.63, 3.8) is 0 Å². The Hall–Kier alpha value is -1.71. The van der Waals surface area contributed by atoms with Gasteiger partial charge in [0.2, 0.25) is 6.79 Å². The molecule has 0 saturated heterocycles. The highest BCUT2D eigenvalue weighted by atomic mass is 127. The van der Waals surface area contributed by atoms with E-state index in [2.05, 4.69) is 20.4 Å². The van der Waals surface area contributed by atoms with Crippen LogP contribution in [0.4, 0.5) is 0 Å². The van der Waals surface area contributed by atoms with E-state index in [9.17, 15) is 4.79 Å². The van der Waals surface area contributed by atoms with Crippen LogP contribution in [0.1, 0.15) is 38.2 Å². The molecule has 1 aromatic rings. The number of benzene rings is 1. The maximum atomic E-state index is 11.0. The van der Waals surface area contributed by atoms with Crippen molar-refractivity contribution < 1.29 is 19.0 Å². The van der Waals surface area contributed by atoms with E-state index in [0.29, 0.717) is 13.0 Å². The summed E-state index contributed by atoms with van der Waals surface area (Å²) in [4.78, 5) is 15.6. The maximum Gasteiger partial charge on any atom is 0.305 e. The Kier molecular flexibility index (Phi) is 10.8. The minimum atomic E-state index is -0.147. The first-order valence-corrected chi connectivity index (χ1v) is 8.70. The van der Waals surface area contributed by atoms with Gasteiger partial charge in [0.1, 0.15) is 0 Å². The number of rotatable bonds is 9. The summed E-state index contributed by atoms with van der Waals surface area (Å²) < 4.78 is 15.3. The third-order valence-electron chi connectivity index (χ3n) is 3.78. The van der Waals surface area contributed by atoms with E-state index in [1.54, 1.807) is 0 Å². The number of hydrogen-bond acceptors (Lipinski definition) is 5. The summed E-state index contributed by atoms with van der Waals surface area (Å²) >= 11 is 0. The van der Waals surface area contributed by atoms with Gasteiger partial charge in [-0.2, -0.15) is 0 Å². The van der Waals surface area contributed by atoms with Crippen molar-refractivity contribution in [1.82, 2.24) is 10.6 Å². The van der Waals surface area contributed by atoms with Crippen molar-refractivity contribution >= 4 is 35.9 Å². The second-order valence-electron chi connectivity index (χ2n) is 5.70. The van der Waals surface area contributed by atoms with E-state index < -0.39 is 0 Å². The van der Waals surface area contributed by atoms with Crippen LogP contribution in [0.3, 0.4) is 0 Å². The van der Waals surface area contributed by atoms with Crippen LogP contribution in [0.25, 0.3) is 0 Å². The molecule has 0 spiro atoms. The third kappa shape index (κ3) is 7.67. The third-order valence-corrected chi connectivity index (χ3v) is 3.78. The van der Waals surface area contributed by atoms with Gasteiger partial charge in [-0.25, -0.2) is 4.99 Å². The van der Waals surface area contributed by atoms with Crippen molar-refractivity contribution in [1.29, 1.82) is 0 Å². The van der Waals surface area contributed by atoms with Crippen molar-refractivity contribution in [2.45, 2.75) is 39.2 Å². The summed E-state index contributed by atoms with van der Waals surface area (Å²) in [7, 11) is 1.42. The largest absolute Gasteiger partial charge is 0.469 e. The van der Waals surface area contributed by atoms with Crippen molar-refractivity contribution in [2.24, 2.45) is 4.99 Å². The molecule has 26 heavy (non-hydrogen) atoms. The Labute approximate surface area is 171 Å². The van der Waals surface area contributed by atoms with Crippen LogP contribution in [0, 0.1) is 0 Å². The molecule has 0 saturated carbocycles. The molecule has 0 unspecified atom stereocenters. The zero-order chi connectivity index (χ0) is 17.9. The first kappa shape index (κ1) is 22.3. The number of hydrogen-bond donors (Lipinski definition) is 2. The molecule has 1 aliphatic rings. The molecule has 2 rings (SSSR count). The number of ether oxygens (including phenoxy) is 3. The summed E-state index contributed by atoms with van der Waals surface area (Å²) in [5.41, 5.74) is 1.07. The molecule has 1 aromatic carbocycles. The number of nitrogens with one attached hydrogen (secondary N) is 2. The van der Waals surface area contributed by atoms with E-state index in [-0.39, 0.29) is 36.7 Å². The summed E-state index contributed by atoms with van der Waals surface area (Å²) in [6.07, 6.45) is 3.28. The number of halogens is 1. The maximum absolute atomic E-state index is 11.0. The number of unbranched alkanes of at least 4 members (excludes halogenated alkanes) is 2. The molecule has 0 radical (unpaired) electrons. The second-order valence-corrected chi connectivity index (χ2v) is 5.70. The molecule has 1 aliphatic heterocycles. The Balaban J connectivity index is 0.00000338. The molecule has 0 aliphatic carbocycles. The number of esters is 1. The van der Waals surface area contributed by atoms with Gasteiger partial charge in [0.05, 0.1) is 13.7 Å². The Morgan fingerprint density at radius 1 is 1.19 bits per heavy atom. The lowest BCUT2D eigenvalue weighted by molar-refractivity contribution is -0.140. The minimum absolute atomic E-state index is 0. The van der Waals surface area contributed by atoms with Gasteiger partial charge in [0.15, 0.2) is 17.5 Å². The van der Waals surface area contributed by atoms with Gasteiger partial charge in [0, 0.05) is 19.5 Å². The van der Waals surface area contributed by atoms with Crippen molar-refractivity contribution in [3.8, 4) is 11.5 Å². The molecule has 0 atom stereocenters. The monoisotopic (exact) mass is 477 g/mol. The quantitative estimate of drug-likeness (QED) is 0.187. The fourth-order valence-electron chi connectivity index (χ4n) is 2.43. The van der Waals surface area contributed by atoms with Gasteiger partial charge in [-0.15, -0.1) is 24.0 Å². The normalized spacial score (nSPS) is 12.3. The average molecular weight is 477 g/mol. The molecular formula is C18H28IN3O4. The predicted molar refractivity (Wildman–Crippen MR) is 111 cm³/mol. The van der Waals surface area contributed by atoms with Gasteiger partial charge in [-0.3, -0.25) is 4.79 Å². The predicted octanol–water partition coefficient (Wildman–Crippen LogP) is 2.82. The van der Waals surface area contributed by atoms with Crippen molar-refractivity contribution in [3.05, 3.63) is 23.8 Å². The van der Waals surface area contributed by atoms with Gasteiger partial charge in [-0.1, -0.05) is 12.5 Å². The van der Waals surface area contributed by atoms with Gasteiger partial charge in [-0.05, 0) is 37.5 Å². The molecule has 0 amide bonds. The summed E-state index contributed by atoms with van der Waals surface area (Å²) in [6, 6.07) is 5.87. The SMILES string of the molecule is CCNC(=NCc1ccc2c(c1)OCO2)NCCCCCC(=O)OC.I. The minimum Gasteiger partial charge on any atom is -0.469 e. The number of nitrogens with zero attached hydrogens (tertiary/aromatic N) is 1. The van der Waals surface area contributed by atoms with E-state index in [1.807, 2.05) is 25.1 Å². The first-order valence-electron chi connectivity index (χ1n) is 8.70. The van der Waals surface area contributed by atoms with Crippen LogP contribution in [0.2, 0.25) is 0 Å². The molecular weight excluding hydrogens is 449 g/mol. The van der Waals surface area contributed by atoms with E-state index in [4.69, 9.17) is 9.47 Å². The topological polar surface area (TPSA) is 81.2 Å². The molecule has 8 heteroatoms. The number of aliphatic imine (C=N–C) groups is 1. The van der Waals surface area contributed by atoms with E-state index in [1.165, 1.54) is 7.11 Å². The lowest BCUT2D eigenvalue weighted by Gasteiger charge is -2.11. The highest BCUT2D eigenvalue weighted by Gasteiger charge is 2.12. The second kappa shape index (κ2) is 12.6. The van der Waals surface area contributed by atoms with Gasteiger partial charge in [0.25, 0.3) is 0 Å². The van der Waals surface area contributed by atoms with Gasteiger partial charge >= 0.3 is 5.97 Å². The molecule has 0 bridgehead atoms. The standard InChI is InChI=1S/C18H27N3O4.HI/c1-3-19-18(20-10-6-4-5-7-17(22)23-2)21-12-14-8-9-15-16(11-14)25-13-24-15;/h8-9,11H,3-7,10,12-13H2,1-2H3,(H2,19,20,21);1H. The van der Waals surface area contributed by atoms with E-state index >= 15 is 0 Å². The number of carbonyl (C=O) groups excluding carboxylic acids is 1. The Morgan fingerprint density at radius 2 is 2.00 bits per heavy atom. The lowest BCUT2D eigenvalue weighted by Crippen LogP contribution is -2.37. The molecule has 2 N–H and O–H groups in total. The van der Waals surface area contributed by atoms with Crippen LogP contribution >= 0.6 is 24.0 Å². The molecule has 0 fully saturated rings. The van der Waals surface area contributed by atoms with E-state index in [0.717, 1.165) is 55.4 Å². The fraction of sp³-hybridized carbons (Fsp3) is 0.556. The Bertz CT molecular complexity index is 596. The Morgan fingerprint density at radius 3 is 2.77 bits per heavy atom. The number of guanidine groups is 1. The van der Waals surface area contributed by atoms with Gasteiger partial charge < -0.3 is 24.8 Å². The number of carbonyl (C=O) groups is 1. The molecule has 7 nitrogen and oxygen atoms in total. The smallest absolute Gasteiger partial charge is 0.305 e. The van der Waals surface area contributed by atoms with Crippen LogP contribution in [-0.4, -0.2) is 38.9 Å². The highest BCUT2D eigenvalue weighted by molar-refractivity contribution is 14.0. The van der Waals surface area contributed by atoms with Crippen LogP contribution in [-0.2, 0) is 16.1 Å². The summed E-state index contributed by atoms with van der Waals surface area (Å²) in [5, 5.41) is 6.54. The summed E-state index contributed by atoms with van der Waals surface area (Å²) in [5.74, 6) is 2.20.